The Morgan fingerprint density at radius 3 is 2.70 bits per heavy atom. The van der Waals surface area contributed by atoms with Crippen molar-refractivity contribution in [3.05, 3.63) is 89.9 Å². The Labute approximate surface area is 192 Å². The monoisotopic (exact) mass is 443 g/mol. The van der Waals surface area contributed by atoms with Gasteiger partial charge in [0.2, 0.25) is 0 Å². The fourth-order valence-corrected chi connectivity index (χ4v) is 4.53. The molecule has 1 saturated heterocycles. The minimum absolute atomic E-state index is 0.185. The van der Waals surface area contributed by atoms with Crippen LogP contribution in [0, 0.1) is 18.7 Å². The van der Waals surface area contributed by atoms with Gasteiger partial charge < -0.3 is 9.64 Å². The van der Waals surface area contributed by atoms with Gasteiger partial charge in [-0.1, -0.05) is 48.5 Å². The number of nitrogens with zero attached hydrogens (tertiary/aromatic N) is 3. The summed E-state index contributed by atoms with van der Waals surface area (Å²) in [5.74, 6) is 0.467. The summed E-state index contributed by atoms with van der Waals surface area (Å²) in [4.78, 5) is 15.2. The SMILES string of the molecule is Cc1ccccc1OCC1CCCN(C(=O)c2cnn3c(-c4ccccc4)ccc(F)c23)C1. The molecule has 2 aromatic carbocycles. The van der Waals surface area contributed by atoms with Gasteiger partial charge in [0, 0.05) is 24.6 Å². The Morgan fingerprint density at radius 2 is 1.88 bits per heavy atom. The van der Waals surface area contributed by atoms with E-state index in [4.69, 9.17) is 4.74 Å². The van der Waals surface area contributed by atoms with Crippen molar-refractivity contribution in [3.63, 3.8) is 0 Å². The van der Waals surface area contributed by atoms with Crippen LogP contribution in [0.4, 0.5) is 4.39 Å². The molecule has 5 nitrogen and oxygen atoms in total. The number of halogens is 1. The molecular weight excluding hydrogens is 417 g/mol. The molecule has 1 amide bonds. The summed E-state index contributed by atoms with van der Waals surface area (Å²) in [5.41, 5.74) is 3.27. The molecule has 3 heterocycles. The molecule has 0 bridgehead atoms. The van der Waals surface area contributed by atoms with Crippen LogP contribution in [0.3, 0.4) is 0 Å². The third kappa shape index (κ3) is 4.21. The van der Waals surface area contributed by atoms with E-state index in [1.54, 1.807) is 11.0 Å². The van der Waals surface area contributed by atoms with Gasteiger partial charge in [-0.2, -0.15) is 5.10 Å². The predicted octanol–water partition coefficient (Wildman–Crippen LogP) is 5.38. The number of para-hydroxylation sites is 1. The van der Waals surface area contributed by atoms with Crippen molar-refractivity contribution in [1.82, 2.24) is 14.5 Å². The summed E-state index contributed by atoms with van der Waals surface area (Å²) in [6.45, 7) is 3.81. The van der Waals surface area contributed by atoms with E-state index in [1.807, 2.05) is 61.5 Å². The molecule has 1 fully saturated rings. The molecule has 1 aliphatic rings. The summed E-state index contributed by atoms with van der Waals surface area (Å²) in [6.07, 6.45) is 3.38. The number of likely N-dealkylation sites (tertiary alicyclic amines) is 1. The van der Waals surface area contributed by atoms with Crippen molar-refractivity contribution in [1.29, 1.82) is 0 Å². The van der Waals surface area contributed by atoms with Crippen LogP contribution in [0.25, 0.3) is 16.8 Å². The highest BCUT2D eigenvalue weighted by molar-refractivity contribution is 6.01. The molecule has 0 radical (unpaired) electrons. The number of piperidine rings is 1. The van der Waals surface area contributed by atoms with Crippen molar-refractivity contribution >= 4 is 11.4 Å². The Bertz CT molecular complexity index is 1290. The van der Waals surface area contributed by atoms with Crippen LogP contribution in [0.5, 0.6) is 5.75 Å². The Kier molecular flexibility index (Phi) is 5.82. The predicted molar refractivity (Wildman–Crippen MR) is 126 cm³/mol. The molecule has 2 aromatic heterocycles. The van der Waals surface area contributed by atoms with Crippen LogP contribution in [-0.4, -0.2) is 40.1 Å². The van der Waals surface area contributed by atoms with E-state index in [0.29, 0.717) is 25.3 Å². The van der Waals surface area contributed by atoms with Crippen LogP contribution in [-0.2, 0) is 0 Å². The second kappa shape index (κ2) is 9.06. The summed E-state index contributed by atoms with van der Waals surface area (Å²) < 4.78 is 22.4. The molecule has 1 aliphatic heterocycles. The number of carbonyl (C=O) groups excluding carboxylic acids is 1. The lowest BCUT2D eigenvalue weighted by atomic mass is 9.98. The summed E-state index contributed by atoms with van der Waals surface area (Å²) in [7, 11) is 0. The number of carbonyl (C=O) groups is 1. The molecule has 0 aliphatic carbocycles. The Morgan fingerprint density at radius 1 is 1.09 bits per heavy atom. The van der Waals surface area contributed by atoms with Gasteiger partial charge in [0.05, 0.1) is 24.1 Å². The third-order valence-electron chi connectivity index (χ3n) is 6.29. The summed E-state index contributed by atoms with van der Waals surface area (Å²) >= 11 is 0. The lowest BCUT2D eigenvalue weighted by Gasteiger charge is -2.32. The van der Waals surface area contributed by atoms with E-state index in [0.717, 1.165) is 35.4 Å². The van der Waals surface area contributed by atoms with Crippen LogP contribution in [0.2, 0.25) is 0 Å². The van der Waals surface area contributed by atoms with Crippen molar-refractivity contribution in [2.75, 3.05) is 19.7 Å². The van der Waals surface area contributed by atoms with E-state index >= 15 is 0 Å². The lowest BCUT2D eigenvalue weighted by molar-refractivity contribution is 0.0634. The van der Waals surface area contributed by atoms with Crippen molar-refractivity contribution in [3.8, 4) is 17.0 Å². The number of ether oxygens (including phenoxy) is 1. The van der Waals surface area contributed by atoms with E-state index in [1.165, 1.54) is 16.8 Å². The molecule has 4 aromatic rings. The number of aromatic nitrogens is 2. The first-order chi connectivity index (χ1) is 16.1. The van der Waals surface area contributed by atoms with Gasteiger partial charge in [0.15, 0.2) is 0 Å². The average molecular weight is 444 g/mol. The minimum atomic E-state index is -0.452. The van der Waals surface area contributed by atoms with Crippen LogP contribution in [0.1, 0.15) is 28.8 Å². The molecular formula is C27H26FN3O2. The van der Waals surface area contributed by atoms with Crippen LogP contribution >= 0.6 is 0 Å². The number of fused-ring (bicyclic) bond motifs is 1. The van der Waals surface area contributed by atoms with Crippen LogP contribution in [0.15, 0.2) is 72.9 Å². The maximum atomic E-state index is 14.9. The Balaban J connectivity index is 1.37. The topological polar surface area (TPSA) is 46.8 Å². The van der Waals surface area contributed by atoms with E-state index in [9.17, 15) is 9.18 Å². The average Bonchev–Trinajstić information content (AvgIpc) is 3.30. The number of aryl methyl sites for hydroxylation is 1. The van der Waals surface area contributed by atoms with Crippen molar-refractivity contribution < 1.29 is 13.9 Å². The molecule has 0 saturated carbocycles. The highest BCUT2D eigenvalue weighted by Gasteiger charge is 2.28. The number of rotatable bonds is 5. The lowest BCUT2D eigenvalue weighted by Crippen LogP contribution is -2.41. The van der Waals surface area contributed by atoms with E-state index < -0.39 is 5.82 Å². The van der Waals surface area contributed by atoms with Crippen molar-refractivity contribution in [2.45, 2.75) is 19.8 Å². The minimum Gasteiger partial charge on any atom is -0.493 e. The maximum Gasteiger partial charge on any atom is 0.257 e. The van der Waals surface area contributed by atoms with Crippen LogP contribution < -0.4 is 4.74 Å². The summed E-state index contributed by atoms with van der Waals surface area (Å²) in [6, 6.07) is 20.7. The third-order valence-corrected chi connectivity index (χ3v) is 6.29. The number of hydrogen-bond donors (Lipinski definition) is 0. The van der Waals surface area contributed by atoms with Gasteiger partial charge in [-0.15, -0.1) is 0 Å². The number of amides is 1. The van der Waals surface area contributed by atoms with Gasteiger partial charge in [0.1, 0.15) is 17.1 Å². The van der Waals surface area contributed by atoms with Gasteiger partial charge in [0.25, 0.3) is 5.91 Å². The molecule has 168 valence electrons. The molecule has 1 unspecified atom stereocenters. The van der Waals surface area contributed by atoms with Gasteiger partial charge in [-0.25, -0.2) is 8.91 Å². The normalized spacial score (nSPS) is 16.2. The second-order valence-electron chi connectivity index (χ2n) is 8.59. The fourth-order valence-electron chi connectivity index (χ4n) is 4.53. The first-order valence-electron chi connectivity index (χ1n) is 11.3. The van der Waals surface area contributed by atoms with Gasteiger partial charge in [-0.3, -0.25) is 4.79 Å². The zero-order valence-corrected chi connectivity index (χ0v) is 18.6. The zero-order valence-electron chi connectivity index (χ0n) is 18.6. The fraction of sp³-hybridized carbons (Fsp3) is 0.259. The molecule has 5 rings (SSSR count). The molecule has 0 N–H and O–H groups in total. The van der Waals surface area contributed by atoms with Gasteiger partial charge in [-0.05, 0) is 43.5 Å². The highest BCUT2D eigenvalue weighted by Crippen LogP contribution is 2.27. The Hall–Kier alpha value is -3.67. The van der Waals surface area contributed by atoms with Gasteiger partial charge >= 0.3 is 0 Å². The molecule has 33 heavy (non-hydrogen) atoms. The number of pyridine rings is 1. The summed E-state index contributed by atoms with van der Waals surface area (Å²) in [5, 5.41) is 4.38. The molecule has 1 atom stereocenters. The zero-order chi connectivity index (χ0) is 22.8. The molecule has 0 spiro atoms. The first kappa shape index (κ1) is 21.2. The first-order valence-corrected chi connectivity index (χ1v) is 11.3. The van der Waals surface area contributed by atoms with E-state index in [-0.39, 0.29) is 17.3 Å². The maximum absolute atomic E-state index is 14.9. The van der Waals surface area contributed by atoms with Crippen molar-refractivity contribution in [2.24, 2.45) is 5.92 Å². The quantitative estimate of drug-likeness (QED) is 0.416. The molecule has 6 heteroatoms. The standard InChI is InChI=1S/C27H26FN3O2/c1-19-8-5-6-12-25(19)33-18-20-9-7-15-30(17-20)27(32)22-16-29-31-24(14-13-23(28)26(22)31)21-10-3-2-4-11-21/h2-6,8,10-14,16,20H,7,9,15,17-18H2,1H3. The number of hydrogen-bond acceptors (Lipinski definition) is 3. The van der Waals surface area contributed by atoms with E-state index in [2.05, 4.69) is 5.10 Å². The smallest absolute Gasteiger partial charge is 0.257 e. The number of benzene rings is 2. The highest BCUT2D eigenvalue weighted by atomic mass is 19.1. The second-order valence-corrected chi connectivity index (χ2v) is 8.59. The largest absolute Gasteiger partial charge is 0.493 e.